The second-order valence-electron chi connectivity index (χ2n) is 7.78. The molecule has 0 saturated heterocycles. The number of nitrogens with zero attached hydrogens (tertiary/aromatic N) is 2. The molecule has 0 saturated carbocycles. The van der Waals surface area contributed by atoms with E-state index in [9.17, 15) is 9.59 Å². The zero-order valence-electron chi connectivity index (χ0n) is 19.1. The van der Waals surface area contributed by atoms with Crippen molar-refractivity contribution < 1.29 is 14.3 Å². The molecular weight excluding hydrogens is 493 g/mol. The molecule has 3 aromatic rings. The number of halogens is 2. The van der Waals surface area contributed by atoms with Crippen LogP contribution in [0, 0.1) is 0 Å². The highest BCUT2D eigenvalue weighted by Gasteiger charge is 2.22. The van der Waals surface area contributed by atoms with Gasteiger partial charge in [-0.15, -0.1) is 0 Å². The average molecular weight is 516 g/mol. The summed E-state index contributed by atoms with van der Waals surface area (Å²) in [4.78, 5) is 36.4. The van der Waals surface area contributed by atoms with Crippen molar-refractivity contribution in [3.63, 3.8) is 0 Å². The van der Waals surface area contributed by atoms with Crippen LogP contribution in [0.2, 0.25) is 10.0 Å². The van der Waals surface area contributed by atoms with Crippen molar-refractivity contribution in [3.8, 4) is 22.6 Å². The van der Waals surface area contributed by atoms with Gasteiger partial charge in [0.05, 0.1) is 29.8 Å². The summed E-state index contributed by atoms with van der Waals surface area (Å²) in [6.07, 6.45) is 6.20. The van der Waals surface area contributed by atoms with Crippen molar-refractivity contribution >= 4 is 46.1 Å². The number of allylic oxidation sites excluding steroid dienone is 2. The third-order valence-corrected chi connectivity index (χ3v) is 6.38. The SMILES string of the molecule is C=CC(=O)NC1=C(Nc2ncc3cc(-c4c(Cl)c(OC)cc(OC)c4Cl)c(=O)[nH]c3n2)CCCC1. The maximum absolute atomic E-state index is 13.0. The van der Waals surface area contributed by atoms with Crippen LogP contribution in [0.15, 0.2) is 47.2 Å². The van der Waals surface area contributed by atoms with Gasteiger partial charge < -0.3 is 25.1 Å². The number of nitrogens with one attached hydrogen (secondary N) is 3. The molecule has 4 rings (SSSR count). The Morgan fingerprint density at radius 3 is 2.40 bits per heavy atom. The van der Waals surface area contributed by atoms with Gasteiger partial charge in [-0.2, -0.15) is 4.98 Å². The first-order chi connectivity index (χ1) is 16.9. The van der Waals surface area contributed by atoms with Crippen LogP contribution in [0.1, 0.15) is 25.7 Å². The molecule has 2 aromatic heterocycles. The van der Waals surface area contributed by atoms with Crippen LogP contribution in [-0.4, -0.2) is 35.1 Å². The molecule has 182 valence electrons. The van der Waals surface area contributed by atoms with Crippen molar-refractivity contribution in [1.82, 2.24) is 20.3 Å². The standard InChI is InChI=1S/C24H23Cl2N5O4/c1-4-18(32)28-14-7-5-6-8-15(14)29-24-27-11-12-9-13(23(33)30-22(12)31-24)19-20(25)16(34-2)10-17(35-3)21(19)26/h4,9-11H,1,5-8H2,2-3H3,(H,28,32)(H2,27,29,30,31,33). The molecule has 0 unspecified atom stereocenters. The molecule has 11 heteroatoms. The van der Waals surface area contributed by atoms with Crippen molar-refractivity contribution in [3.05, 3.63) is 62.8 Å². The Morgan fingerprint density at radius 1 is 1.11 bits per heavy atom. The molecule has 0 fully saturated rings. The van der Waals surface area contributed by atoms with E-state index in [-0.39, 0.29) is 27.1 Å². The monoisotopic (exact) mass is 515 g/mol. The summed E-state index contributed by atoms with van der Waals surface area (Å²) in [6.45, 7) is 3.49. The van der Waals surface area contributed by atoms with Crippen molar-refractivity contribution in [2.45, 2.75) is 25.7 Å². The summed E-state index contributed by atoms with van der Waals surface area (Å²) < 4.78 is 10.6. The third kappa shape index (κ3) is 4.96. The fourth-order valence-electron chi connectivity index (χ4n) is 3.88. The zero-order chi connectivity index (χ0) is 25.1. The number of aromatic amines is 1. The summed E-state index contributed by atoms with van der Waals surface area (Å²) in [5.74, 6) is 0.655. The molecule has 35 heavy (non-hydrogen) atoms. The number of fused-ring (bicyclic) bond motifs is 1. The summed E-state index contributed by atoms with van der Waals surface area (Å²) in [5, 5.41) is 6.95. The predicted octanol–water partition coefficient (Wildman–Crippen LogP) is 4.81. The Morgan fingerprint density at radius 2 is 1.77 bits per heavy atom. The van der Waals surface area contributed by atoms with Gasteiger partial charge in [0.25, 0.3) is 5.56 Å². The van der Waals surface area contributed by atoms with E-state index in [2.05, 4.69) is 32.2 Å². The summed E-state index contributed by atoms with van der Waals surface area (Å²) >= 11 is 13.0. The van der Waals surface area contributed by atoms with Crippen LogP contribution in [0.3, 0.4) is 0 Å². The molecule has 0 atom stereocenters. The fraction of sp³-hybridized carbons (Fsp3) is 0.250. The van der Waals surface area contributed by atoms with E-state index in [0.29, 0.717) is 28.5 Å². The van der Waals surface area contributed by atoms with Gasteiger partial charge >= 0.3 is 0 Å². The molecule has 0 aliphatic heterocycles. The molecule has 0 bridgehead atoms. The second kappa shape index (κ2) is 10.4. The lowest BCUT2D eigenvalue weighted by molar-refractivity contribution is -0.115. The normalized spacial score (nSPS) is 13.5. The minimum absolute atomic E-state index is 0.181. The van der Waals surface area contributed by atoms with Gasteiger partial charge in [0, 0.05) is 34.6 Å². The molecular formula is C24H23Cl2N5O4. The Bertz CT molecular complexity index is 1390. The summed E-state index contributed by atoms with van der Waals surface area (Å²) in [6, 6.07) is 3.16. The highest BCUT2D eigenvalue weighted by atomic mass is 35.5. The van der Waals surface area contributed by atoms with Gasteiger partial charge in [-0.05, 0) is 37.8 Å². The number of hydrogen-bond acceptors (Lipinski definition) is 7. The van der Waals surface area contributed by atoms with E-state index in [1.54, 1.807) is 18.3 Å². The van der Waals surface area contributed by atoms with Gasteiger partial charge in [0.1, 0.15) is 17.1 Å². The van der Waals surface area contributed by atoms with Crippen molar-refractivity contribution in [1.29, 1.82) is 0 Å². The number of amides is 1. The summed E-state index contributed by atoms with van der Waals surface area (Å²) in [7, 11) is 2.92. The Kier molecular flexibility index (Phi) is 7.28. The van der Waals surface area contributed by atoms with Crippen molar-refractivity contribution in [2.75, 3.05) is 19.5 Å². The molecule has 1 aromatic carbocycles. The first-order valence-electron chi connectivity index (χ1n) is 10.8. The quantitative estimate of drug-likeness (QED) is 0.386. The number of benzene rings is 1. The minimum Gasteiger partial charge on any atom is -0.495 e. The molecule has 1 amide bonds. The van der Waals surface area contributed by atoms with E-state index in [4.69, 9.17) is 32.7 Å². The lowest BCUT2D eigenvalue weighted by Gasteiger charge is -2.21. The third-order valence-electron chi connectivity index (χ3n) is 5.63. The van der Waals surface area contributed by atoms with Crippen molar-refractivity contribution in [2.24, 2.45) is 0 Å². The number of carbonyl (C=O) groups excluding carboxylic acids is 1. The fourth-order valence-corrected chi connectivity index (χ4v) is 4.58. The van der Waals surface area contributed by atoms with E-state index >= 15 is 0 Å². The van der Waals surface area contributed by atoms with E-state index < -0.39 is 5.56 Å². The van der Waals surface area contributed by atoms with Gasteiger partial charge in [0.2, 0.25) is 11.9 Å². The molecule has 0 spiro atoms. The number of aromatic nitrogens is 3. The molecule has 1 aliphatic carbocycles. The number of anilines is 1. The topological polar surface area (TPSA) is 118 Å². The second-order valence-corrected chi connectivity index (χ2v) is 8.53. The summed E-state index contributed by atoms with van der Waals surface area (Å²) in [5.41, 5.74) is 1.99. The number of H-pyrrole nitrogens is 1. The number of carbonyl (C=O) groups is 1. The highest BCUT2D eigenvalue weighted by Crippen LogP contribution is 2.45. The van der Waals surface area contributed by atoms with Crippen LogP contribution >= 0.6 is 23.2 Å². The number of ether oxygens (including phenoxy) is 2. The van der Waals surface area contributed by atoms with Gasteiger partial charge in [-0.1, -0.05) is 29.8 Å². The smallest absolute Gasteiger partial charge is 0.257 e. The molecule has 1 aliphatic rings. The number of pyridine rings is 1. The average Bonchev–Trinajstić information content (AvgIpc) is 2.85. The van der Waals surface area contributed by atoms with E-state index in [0.717, 1.165) is 37.1 Å². The number of rotatable bonds is 7. The lowest BCUT2D eigenvalue weighted by Crippen LogP contribution is -2.25. The Labute approximate surface area is 211 Å². The van der Waals surface area contributed by atoms with Crippen LogP contribution in [-0.2, 0) is 4.79 Å². The van der Waals surface area contributed by atoms with Crippen LogP contribution in [0.4, 0.5) is 5.95 Å². The zero-order valence-corrected chi connectivity index (χ0v) is 20.6. The van der Waals surface area contributed by atoms with E-state index in [1.165, 1.54) is 20.3 Å². The minimum atomic E-state index is -0.447. The predicted molar refractivity (Wildman–Crippen MR) is 136 cm³/mol. The number of hydrogen-bond donors (Lipinski definition) is 3. The van der Waals surface area contributed by atoms with E-state index in [1.807, 2.05) is 0 Å². The van der Waals surface area contributed by atoms with Gasteiger partial charge in [-0.25, -0.2) is 4.98 Å². The van der Waals surface area contributed by atoms with Crippen LogP contribution in [0.25, 0.3) is 22.2 Å². The maximum Gasteiger partial charge on any atom is 0.257 e. The Hall–Kier alpha value is -3.56. The molecule has 3 N–H and O–H groups in total. The molecule has 2 heterocycles. The van der Waals surface area contributed by atoms with Gasteiger partial charge in [-0.3, -0.25) is 9.59 Å². The largest absolute Gasteiger partial charge is 0.495 e. The Balaban J connectivity index is 1.75. The molecule has 9 nitrogen and oxygen atoms in total. The lowest BCUT2D eigenvalue weighted by atomic mass is 10.0. The highest BCUT2D eigenvalue weighted by molar-refractivity contribution is 6.41. The number of methoxy groups -OCH3 is 2. The van der Waals surface area contributed by atoms with Crippen LogP contribution < -0.4 is 25.7 Å². The van der Waals surface area contributed by atoms with Crippen LogP contribution in [0.5, 0.6) is 11.5 Å². The first kappa shape index (κ1) is 24.6. The van der Waals surface area contributed by atoms with Gasteiger partial charge in [0.15, 0.2) is 0 Å². The molecule has 0 radical (unpaired) electrons. The first-order valence-corrected chi connectivity index (χ1v) is 11.5. The maximum atomic E-state index is 13.0.